The fourth-order valence-electron chi connectivity index (χ4n) is 3.41. The van der Waals surface area contributed by atoms with Gasteiger partial charge in [-0.05, 0) is 42.3 Å². The van der Waals surface area contributed by atoms with Gasteiger partial charge in [-0.3, -0.25) is 9.29 Å². The zero-order valence-electron chi connectivity index (χ0n) is 13.7. The van der Waals surface area contributed by atoms with Crippen molar-refractivity contribution in [1.29, 1.82) is 0 Å². The van der Waals surface area contributed by atoms with Crippen LogP contribution in [0.3, 0.4) is 0 Å². The van der Waals surface area contributed by atoms with E-state index < -0.39 is 21.8 Å². The Morgan fingerprint density at radius 3 is 2.59 bits per heavy atom. The predicted molar refractivity (Wildman–Crippen MR) is 93.1 cm³/mol. The Balaban J connectivity index is 1.89. The van der Waals surface area contributed by atoms with Gasteiger partial charge in [0.15, 0.2) is 0 Å². The fourth-order valence-corrected chi connectivity index (χ4v) is 5.11. The molecule has 1 aliphatic heterocycles. The van der Waals surface area contributed by atoms with Crippen molar-refractivity contribution < 1.29 is 26.7 Å². The molecule has 5 nitrogen and oxygen atoms in total. The van der Waals surface area contributed by atoms with Crippen LogP contribution in [0.1, 0.15) is 11.1 Å². The molecule has 3 aromatic rings. The van der Waals surface area contributed by atoms with E-state index >= 15 is 0 Å². The molecule has 1 aromatic heterocycles. The SMILES string of the molecule is O=S(=O)(c1ccc(O)c2cnccc12)N1CCc2c1cccc2C(F)(F)F. The maximum atomic E-state index is 13.2. The second-order valence-electron chi connectivity index (χ2n) is 6.13. The van der Waals surface area contributed by atoms with E-state index in [9.17, 15) is 26.7 Å². The van der Waals surface area contributed by atoms with E-state index in [0.29, 0.717) is 0 Å². The molecule has 0 atom stereocenters. The number of hydrogen-bond acceptors (Lipinski definition) is 4. The molecule has 0 amide bonds. The molecule has 4 rings (SSSR count). The zero-order chi connectivity index (χ0) is 19.4. The van der Waals surface area contributed by atoms with Gasteiger partial charge in [-0.1, -0.05) is 6.07 Å². The lowest BCUT2D eigenvalue weighted by Crippen LogP contribution is -2.29. The molecule has 1 aliphatic rings. The van der Waals surface area contributed by atoms with E-state index in [1.807, 2.05) is 0 Å². The van der Waals surface area contributed by atoms with Gasteiger partial charge in [0.2, 0.25) is 0 Å². The van der Waals surface area contributed by atoms with Crippen molar-refractivity contribution >= 4 is 26.5 Å². The first-order valence-electron chi connectivity index (χ1n) is 7.99. The molecule has 27 heavy (non-hydrogen) atoms. The molecule has 0 saturated heterocycles. The molecule has 0 aliphatic carbocycles. The lowest BCUT2D eigenvalue weighted by Gasteiger charge is -2.21. The highest BCUT2D eigenvalue weighted by Crippen LogP contribution is 2.42. The number of benzene rings is 2. The van der Waals surface area contributed by atoms with Gasteiger partial charge < -0.3 is 5.11 Å². The van der Waals surface area contributed by atoms with E-state index in [4.69, 9.17) is 0 Å². The second kappa shape index (κ2) is 5.85. The summed E-state index contributed by atoms with van der Waals surface area (Å²) in [7, 11) is -4.13. The molecule has 0 bridgehead atoms. The number of fused-ring (bicyclic) bond motifs is 2. The summed E-state index contributed by atoms with van der Waals surface area (Å²) in [4.78, 5) is 3.78. The van der Waals surface area contributed by atoms with Crippen LogP contribution in [0.2, 0.25) is 0 Å². The largest absolute Gasteiger partial charge is 0.507 e. The van der Waals surface area contributed by atoms with E-state index in [2.05, 4.69) is 4.98 Å². The number of aromatic hydroxyl groups is 1. The fraction of sp³-hybridized carbons (Fsp3) is 0.167. The Hall–Kier alpha value is -2.81. The summed E-state index contributed by atoms with van der Waals surface area (Å²) < 4.78 is 67.2. The van der Waals surface area contributed by atoms with Crippen molar-refractivity contribution in [2.24, 2.45) is 0 Å². The monoisotopic (exact) mass is 394 g/mol. The van der Waals surface area contributed by atoms with Gasteiger partial charge in [0.1, 0.15) is 5.75 Å². The quantitative estimate of drug-likeness (QED) is 0.719. The molecular formula is C18H13F3N2O3S. The van der Waals surface area contributed by atoms with Gasteiger partial charge in [-0.25, -0.2) is 8.42 Å². The first-order valence-corrected chi connectivity index (χ1v) is 9.43. The number of alkyl halides is 3. The standard InChI is InChI=1S/C18H13F3N2O3S/c19-18(20,21)14-2-1-3-15-12(14)7-9-23(15)27(25,26)17-5-4-16(24)13-10-22-8-6-11(13)17/h1-6,8,10,24H,7,9H2. The van der Waals surface area contributed by atoms with Crippen molar-refractivity contribution in [3.05, 3.63) is 59.9 Å². The summed E-state index contributed by atoms with van der Waals surface area (Å²) in [6.45, 7) is -0.0851. The van der Waals surface area contributed by atoms with Gasteiger partial charge in [-0.15, -0.1) is 0 Å². The average Bonchev–Trinajstić information content (AvgIpc) is 3.06. The molecule has 140 valence electrons. The number of rotatable bonds is 2. The first-order chi connectivity index (χ1) is 12.7. The van der Waals surface area contributed by atoms with Crippen LogP contribution < -0.4 is 4.31 Å². The summed E-state index contributed by atoms with van der Waals surface area (Å²) in [5.41, 5.74) is -0.823. The van der Waals surface area contributed by atoms with E-state index in [-0.39, 0.29) is 45.6 Å². The van der Waals surface area contributed by atoms with E-state index in [1.165, 1.54) is 42.7 Å². The average molecular weight is 394 g/mol. The van der Waals surface area contributed by atoms with Gasteiger partial charge in [0.25, 0.3) is 10.0 Å². The van der Waals surface area contributed by atoms with E-state index in [1.54, 1.807) is 0 Å². The minimum absolute atomic E-state index is 0.0260. The highest BCUT2D eigenvalue weighted by molar-refractivity contribution is 7.93. The van der Waals surface area contributed by atoms with Crippen molar-refractivity contribution in [2.45, 2.75) is 17.5 Å². The lowest BCUT2D eigenvalue weighted by molar-refractivity contribution is -0.138. The van der Waals surface area contributed by atoms with Gasteiger partial charge in [-0.2, -0.15) is 13.2 Å². The minimum Gasteiger partial charge on any atom is -0.507 e. The van der Waals surface area contributed by atoms with Crippen LogP contribution in [-0.2, 0) is 22.6 Å². The maximum Gasteiger partial charge on any atom is 0.416 e. The Labute approximate surface area is 152 Å². The number of nitrogens with zero attached hydrogens (tertiary/aromatic N) is 2. The van der Waals surface area contributed by atoms with E-state index in [0.717, 1.165) is 10.4 Å². The molecule has 1 N–H and O–H groups in total. The van der Waals surface area contributed by atoms with Gasteiger partial charge >= 0.3 is 6.18 Å². The van der Waals surface area contributed by atoms with Crippen LogP contribution in [0.25, 0.3) is 10.8 Å². The molecule has 0 radical (unpaired) electrons. The molecule has 9 heteroatoms. The number of pyridine rings is 1. The van der Waals surface area contributed by atoms with Crippen molar-refractivity contribution in [3.63, 3.8) is 0 Å². The molecule has 2 heterocycles. The van der Waals surface area contributed by atoms with Crippen molar-refractivity contribution in [1.82, 2.24) is 4.98 Å². The van der Waals surface area contributed by atoms with Crippen LogP contribution in [0.15, 0.2) is 53.7 Å². The summed E-state index contributed by atoms with van der Waals surface area (Å²) >= 11 is 0. The van der Waals surface area contributed by atoms with Crippen molar-refractivity contribution in [3.8, 4) is 5.75 Å². The minimum atomic E-state index is -4.55. The molecule has 2 aromatic carbocycles. The highest BCUT2D eigenvalue weighted by atomic mass is 32.2. The van der Waals surface area contributed by atoms with Crippen LogP contribution in [-0.4, -0.2) is 25.1 Å². The third kappa shape index (κ3) is 2.69. The Bertz CT molecular complexity index is 1160. The summed E-state index contributed by atoms with van der Waals surface area (Å²) in [6, 6.07) is 7.47. The summed E-state index contributed by atoms with van der Waals surface area (Å²) in [5.74, 6) is -0.127. The lowest BCUT2D eigenvalue weighted by atomic mass is 10.0. The Morgan fingerprint density at radius 1 is 1.07 bits per heavy atom. The molecule has 0 unspecified atom stereocenters. The number of aromatic nitrogens is 1. The number of phenolic OH excluding ortho intramolecular Hbond substituents is 1. The maximum absolute atomic E-state index is 13.2. The van der Waals surface area contributed by atoms with Crippen molar-refractivity contribution in [2.75, 3.05) is 10.8 Å². The third-order valence-electron chi connectivity index (χ3n) is 4.61. The highest BCUT2D eigenvalue weighted by Gasteiger charge is 2.39. The Kier molecular flexibility index (Phi) is 3.81. The smallest absolute Gasteiger partial charge is 0.416 e. The normalized spacial score (nSPS) is 14.6. The van der Waals surface area contributed by atoms with Crippen LogP contribution >= 0.6 is 0 Å². The van der Waals surface area contributed by atoms with Gasteiger partial charge in [0, 0.05) is 29.7 Å². The first kappa shape index (κ1) is 17.6. The van der Waals surface area contributed by atoms with Crippen LogP contribution in [0.4, 0.5) is 18.9 Å². The summed E-state index contributed by atoms with van der Waals surface area (Å²) in [5, 5.41) is 10.4. The molecule has 0 fully saturated rings. The number of anilines is 1. The number of halogens is 3. The summed E-state index contributed by atoms with van der Waals surface area (Å²) in [6.07, 6.45) is -1.85. The second-order valence-corrected chi connectivity index (χ2v) is 7.96. The topological polar surface area (TPSA) is 70.5 Å². The number of phenols is 1. The van der Waals surface area contributed by atoms with Gasteiger partial charge in [0.05, 0.1) is 16.1 Å². The molecule has 0 saturated carbocycles. The van der Waals surface area contributed by atoms with Crippen LogP contribution in [0.5, 0.6) is 5.75 Å². The predicted octanol–water partition coefficient (Wildman–Crippen LogP) is 3.71. The Morgan fingerprint density at radius 2 is 1.85 bits per heavy atom. The zero-order valence-corrected chi connectivity index (χ0v) is 14.5. The molecular weight excluding hydrogens is 381 g/mol. The number of sulfonamides is 1. The van der Waals surface area contributed by atoms with Crippen LogP contribution in [0, 0.1) is 0 Å². The number of hydrogen-bond donors (Lipinski definition) is 1. The molecule has 0 spiro atoms. The third-order valence-corrected chi connectivity index (χ3v) is 6.48.